The Morgan fingerprint density at radius 1 is 0.457 bits per heavy atom. The van der Waals surface area contributed by atoms with Gasteiger partial charge in [0.05, 0.1) is 32.2 Å². The molecule has 0 rings (SSSR count). The maximum atomic E-state index is 6.06. The zero-order valence-electron chi connectivity index (χ0n) is 30.4. The van der Waals surface area contributed by atoms with Gasteiger partial charge in [0.1, 0.15) is 0 Å². The summed E-state index contributed by atoms with van der Waals surface area (Å²) in [6.45, 7) is 18.6. The zero-order valence-corrected chi connectivity index (χ0v) is 30.4. The second-order valence-electron chi connectivity index (χ2n) is 10.5. The van der Waals surface area contributed by atoms with Crippen molar-refractivity contribution in [2.45, 2.75) is 117 Å². The molecule has 21 N–H and O–H groups in total. The van der Waals surface area contributed by atoms with E-state index in [0.717, 1.165) is 51.9 Å². The number of ether oxygens (including phenoxy) is 2. The van der Waals surface area contributed by atoms with Gasteiger partial charge in [-0.15, -0.1) is 0 Å². The van der Waals surface area contributed by atoms with Crippen LogP contribution in [0.25, 0.3) is 0 Å². The van der Waals surface area contributed by atoms with Crippen molar-refractivity contribution in [1.82, 2.24) is 0 Å². The summed E-state index contributed by atoms with van der Waals surface area (Å²) in [6, 6.07) is 0. The van der Waals surface area contributed by atoms with Crippen molar-refractivity contribution >= 4 is 5.96 Å². The highest BCUT2D eigenvalue weighted by molar-refractivity contribution is 5.71. The molecule has 0 aromatic rings. The first-order valence-corrected chi connectivity index (χ1v) is 17.3. The van der Waals surface area contributed by atoms with Crippen molar-refractivity contribution in [2.75, 3.05) is 65.7 Å². The Balaban J connectivity index is -0.000000108. The Morgan fingerprint density at radius 3 is 0.913 bits per heavy atom. The molecule has 0 aromatic heterocycles. The molecule has 13 nitrogen and oxygen atoms in total. The van der Waals surface area contributed by atoms with Crippen LogP contribution in [-0.4, -0.2) is 71.7 Å². The highest BCUT2D eigenvalue weighted by Crippen LogP contribution is 2.14. The minimum absolute atomic E-state index is 0.167. The number of nitrogens with one attached hydrogen (secondary N) is 1. The van der Waals surface area contributed by atoms with Gasteiger partial charge in [0.2, 0.25) is 0 Å². The van der Waals surface area contributed by atoms with Gasteiger partial charge in [-0.05, 0) is 77.5 Å². The molecular weight excluding hydrogens is 582 g/mol. The van der Waals surface area contributed by atoms with Gasteiger partial charge >= 0.3 is 0 Å². The summed E-state index contributed by atoms with van der Waals surface area (Å²) in [6.07, 6.45) is 20.2. The van der Waals surface area contributed by atoms with E-state index in [-0.39, 0.29) is 11.8 Å². The summed E-state index contributed by atoms with van der Waals surface area (Å²) in [5.41, 5.74) is 51.3. The predicted molar refractivity (Wildman–Crippen MR) is 204 cm³/mol. The summed E-state index contributed by atoms with van der Waals surface area (Å²) >= 11 is 0. The van der Waals surface area contributed by atoms with E-state index in [1.807, 2.05) is 0 Å². The van der Waals surface area contributed by atoms with Gasteiger partial charge in [-0.3, -0.25) is 5.41 Å². The van der Waals surface area contributed by atoms with E-state index in [0.29, 0.717) is 39.5 Å². The van der Waals surface area contributed by atoms with Gasteiger partial charge in [0.25, 0.3) is 0 Å². The molecule has 0 aliphatic heterocycles. The first-order chi connectivity index (χ1) is 22.0. The topological polar surface area (TPSA) is 303 Å². The second kappa shape index (κ2) is 61.9. The van der Waals surface area contributed by atoms with Gasteiger partial charge in [0, 0.05) is 13.1 Å². The van der Waals surface area contributed by atoms with Crippen LogP contribution in [0.1, 0.15) is 117 Å². The average molecular weight is 666 g/mol. The van der Waals surface area contributed by atoms with Crippen LogP contribution in [0.5, 0.6) is 0 Å². The lowest BCUT2D eigenvalue weighted by Crippen LogP contribution is -2.20. The monoisotopic (exact) mass is 666 g/mol. The van der Waals surface area contributed by atoms with E-state index in [1.54, 1.807) is 0 Å². The second-order valence-corrected chi connectivity index (χ2v) is 10.5. The Morgan fingerprint density at radius 2 is 0.717 bits per heavy atom. The largest absolute Gasteiger partial charge is 0.386 e. The van der Waals surface area contributed by atoms with Gasteiger partial charge in [-0.1, -0.05) is 83.9 Å². The third kappa shape index (κ3) is 113. The molecule has 282 valence electrons. The van der Waals surface area contributed by atoms with E-state index in [4.69, 9.17) is 60.8 Å². The third-order valence-electron chi connectivity index (χ3n) is 5.48. The molecule has 0 aromatic carbocycles. The van der Waals surface area contributed by atoms with Gasteiger partial charge in [0.15, 0.2) is 5.96 Å². The molecule has 0 aliphatic carbocycles. The molecule has 13 heteroatoms. The summed E-state index contributed by atoms with van der Waals surface area (Å²) in [7, 11) is 0. The Hall–Kier alpha value is -1.97. The van der Waals surface area contributed by atoms with Crippen LogP contribution in [0.4, 0.5) is 0 Å². The molecule has 0 unspecified atom stereocenters. The fraction of sp³-hybridized carbons (Fsp3) is 0.848. The molecular formula is C33H83N11O2. The highest BCUT2D eigenvalue weighted by Gasteiger charge is 1.94. The average Bonchev–Trinajstić information content (AvgIpc) is 3.00. The number of rotatable bonds is 25. The summed E-state index contributed by atoms with van der Waals surface area (Å²) in [4.78, 5) is 0. The maximum Gasteiger partial charge on any atom is 0.183 e. The Kier molecular flexibility index (Phi) is 75.9. The number of allylic oxidation sites excluding steroid dienone is 1. The number of guanidine groups is 1. The zero-order chi connectivity index (χ0) is 36.5. The van der Waals surface area contributed by atoms with Gasteiger partial charge < -0.3 is 66.8 Å². The lowest BCUT2D eigenvalue weighted by molar-refractivity contribution is 0.0538. The van der Waals surface area contributed by atoms with Crippen LogP contribution in [0, 0.1) is 5.41 Å². The first kappa shape index (κ1) is 56.4. The van der Waals surface area contributed by atoms with Crippen LogP contribution in [0.2, 0.25) is 0 Å². The minimum atomic E-state index is -0.333. The molecule has 0 saturated carbocycles. The fourth-order valence-corrected chi connectivity index (χ4v) is 3.15. The maximum absolute atomic E-state index is 6.06. The molecule has 0 fully saturated rings. The molecule has 0 amide bonds. The molecule has 0 aliphatic rings. The smallest absolute Gasteiger partial charge is 0.183 e. The van der Waals surface area contributed by atoms with Crippen molar-refractivity contribution in [3.05, 3.63) is 24.6 Å². The van der Waals surface area contributed by atoms with E-state index in [1.165, 1.54) is 82.6 Å². The van der Waals surface area contributed by atoms with E-state index < -0.39 is 0 Å². The number of hydrogen-bond donors (Lipinski definition) is 11. The van der Waals surface area contributed by atoms with Crippen LogP contribution in [0.3, 0.4) is 0 Å². The van der Waals surface area contributed by atoms with Crippen molar-refractivity contribution < 1.29 is 9.47 Å². The summed E-state index contributed by atoms with van der Waals surface area (Å²) in [5.74, 6) is -0.167. The van der Waals surface area contributed by atoms with E-state index >= 15 is 0 Å². The van der Waals surface area contributed by atoms with Gasteiger partial charge in [-0.25, -0.2) is 0 Å². The molecule has 46 heavy (non-hydrogen) atoms. The SMILES string of the molecule is C=C(CCCCC)CCCCC.C=C(N)N.N=C(N)N.NCCCCCCN.NCCCCCCN.NCCOCCOCCN. The van der Waals surface area contributed by atoms with Crippen molar-refractivity contribution in [3.8, 4) is 0 Å². The molecule has 0 atom stereocenters. The first-order valence-electron chi connectivity index (χ1n) is 17.3. The molecule has 0 bridgehead atoms. The normalized spacial score (nSPS) is 9.30. The minimum Gasteiger partial charge on any atom is -0.386 e. The summed E-state index contributed by atoms with van der Waals surface area (Å²) < 4.78 is 10.1. The van der Waals surface area contributed by atoms with Crippen molar-refractivity contribution in [2.24, 2.45) is 57.3 Å². The molecule has 0 saturated heterocycles. The van der Waals surface area contributed by atoms with Crippen LogP contribution in [-0.2, 0) is 9.47 Å². The summed E-state index contributed by atoms with van der Waals surface area (Å²) in [5, 5.41) is 6.06. The predicted octanol–water partition coefficient (Wildman–Crippen LogP) is 2.78. The molecule has 0 spiro atoms. The highest BCUT2D eigenvalue weighted by atomic mass is 16.5. The van der Waals surface area contributed by atoms with Crippen LogP contribution < -0.4 is 57.3 Å². The molecule has 0 radical (unpaired) electrons. The quantitative estimate of drug-likeness (QED) is 0.0290. The van der Waals surface area contributed by atoms with E-state index in [2.05, 4.69) is 38.5 Å². The lowest BCUT2D eigenvalue weighted by Gasteiger charge is -2.03. The van der Waals surface area contributed by atoms with Gasteiger partial charge in [-0.2, -0.15) is 0 Å². The third-order valence-corrected chi connectivity index (χ3v) is 5.48. The van der Waals surface area contributed by atoms with Crippen molar-refractivity contribution in [1.29, 1.82) is 5.41 Å². The lowest BCUT2D eigenvalue weighted by atomic mass is 10.0. The van der Waals surface area contributed by atoms with E-state index in [9.17, 15) is 0 Å². The number of unbranched alkanes of at least 4 members (excludes halogenated alkanes) is 10. The number of hydrogen-bond acceptors (Lipinski definition) is 11. The van der Waals surface area contributed by atoms with Crippen LogP contribution >= 0.6 is 0 Å². The van der Waals surface area contributed by atoms with Crippen LogP contribution in [0.15, 0.2) is 24.6 Å². The van der Waals surface area contributed by atoms with Crippen molar-refractivity contribution in [3.63, 3.8) is 0 Å². The Bertz CT molecular complexity index is 480. The number of nitrogens with two attached hydrogens (primary N) is 10. The fourth-order valence-electron chi connectivity index (χ4n) is 3.15. The standard InChI is InChI=1S/C12H24.C6H16N2O2.2C6H16N2.C2H6N2.CH5N3/c1-4-6-8-10-12(3)11-9-7-5-2;7-1-3-9-5-6-10-4-2-8;2*7-5-3-1-2-4-6-8;1-2(3)4;2-1(3)4/h3-11H2,1-2H3;1-8H2;2*1-8H2;1,3-4H2;(H5,2,3,4). The molecule has 0 heterocycles. The Labute approximate surface area is 284 Å².